The Morgan fingerprint density at radius 2 is 2.04 bits per heavy atom. The number of amides is 2. The number of imide groups is 1. The topological polar surface area (TPSA) is 46.6 Å². The third-order valence-electron chi connectivity index (χ3n) is 3.63. The van der Waals surface area contributed by atoms with Gasteiger partial charge in [0.1, 0.15) is 5.75 Å². The molecule has 0 radical (unpaired) electrons. The van der Waals surface area contributed by atoms with Gasteiger partial charge in [0.25, 0.3) is 11.1 Å². The number of hydrogen-bond acceptors (Lipinski definition) is 4. The van der Waals surface area contributed by atoms with Gasteiger partial charge in [0.2, 0.25) is 0 Å². The zero-order valence-corrected chi connectivity index (χ0v) is 13.9. The molecule has 4 nitrogen and oxygen atoms in total. The Hall–Kier alpha value is -2.71. The van der Waals surface area contributed by atoms with Crippen LogP contribution in [0.25, 0.3) is 16.8 Å². The Kier molecular flexibility index (Phi) is 4.59. The molecule has 2 aromatic rings. The Morgan fingerprint density at radius 1 is 1.25 bits per heavy atom. The molecule has 0 unspecified atom stereocenters. The maximum atomic E-state index is 12.4. The monoisotopic (exact) mass is 337 g/mol. The molecule has 0 spiro atoms. The van der Waals surface area contributed by atoms with E-state index in [2.05, 4.69) is 5.92 Å². The number of terminal acetylenes is 1. The zero-order chi connectivity index (χ0) is 17.1. The van der Waals surface area contributed by atoms with E-state index in [0.29, 0.717) is 17.3 Å². The first-order valence-electron chi connectivity index (χ1n) is 7.49. The van der Waals surface area contributed by atoms with Crippen molar-refractivity contribution in [1.29, 1.82) is 0 Å². The fourth-order valence-corrected chi connectivity index (χ4v) is 3.38. The molecule has 0 atom stereocenters. The summed E-state index contributed by atoms with van der Waals surface area (Å²) in [7, 11) is 0. The molecule has 120 valence electrons. The van der Waals surface area contributed by atoms with Gasteiger partial charge in [0, 0.05) is 5.56 Å². The molecule has 2 aromatic carbocycles. The maximum absolute atomic E-state index is 12.4. The van der Waals surface area contributed by atoms with Crippen LogP contribution in [0.5, 0.6) is 5.75 Å². The van der Waals surface area contributed by atoms with Crippen LogP contribution < -0.4 is 4.74 Å². The van der Waals surface area contributed by atoms with Crippen molar-refractivity contribution in [3.63, 3.8) is 0 Å². The number of carbonyl (C=O) groups excluding carboxylic acids is 2. The summed E-state index contributed by atoms with van der Waals surface area (Å²) in [6.45, 7) is 2.40. The zero-order valence-electron chi connectivity index (χ0n) is 13.1. The molecule has 24 heavy (non-hydrogen) atoms. The minimum atomic E-state index is -0.363. The van der Waals surface area contributed by atoms with E-state index in [-0.39, 0.29) is 17.7 Å². The van der Waals surface area contributed by atoms with Crippen molar-refractivity contribution < 1.29 is 14.3 Å². The highest BCUT2D eigenvalue weighted by Gasteiger charge is 2.34. The van der Waals surface area contributed by atoms with Gasteiger partial charge in [-0.2, -0.15) is 0 Å². The Balaban J connectivity index is 2.12. The number of carbonyl (C=O) groups is 2. The second kappa shape index (κ2) is 6.81. The molecule has 1 fully saturated rings. The summed E-state index contributed by atoms with van der Waals surface area (Å²) in [5.74, 6) is 2.65. The van der Waals surface area contributed by atoms with E-state index in [1.54, 1.807) is 6.08 Å². The molecular weight excluding hydrogens is 322 g/mol. The molecule has 0 N–H and O–H groups in total. The molecule has 0 aromatic heterocycles. The number of thioether (sulfide) groups is 1. The number of nitrogens with zero attached hydrogens (tertiary/aromatic N) is 1. The van der Waals surface area contributed by atoms with Crippen molar-refractivity contribution >= 4 is 39.8 Å². The summed E-state index contributed by atoms with van der Waals surface area (Å²) in [5, 5.41) is 1.66. The summed E-state index contributed by atoms with van der Waals surface area (Å²) in [5.41, 5.74) is 0.793. The van der Waals surface area contributed by atoms with Gasteiger partial charge in [-0.25, -0.2) is 0 Å². The van der Waals surface area contributed by atoms with Crippen LogP contribution in [0, 0.1) is 12.3 Å². The molecule has 0 aliphatic carbocycles. The van der Waals surface area contributed by atoms with E-state index < -0.39 is 0 Å². The average molecular weight is 337 g/mol. The van der Waals surface area contributed by atoms with Gasteiger partial charge in [0.15, 0.2) is 0 Å². The van der Waals surface area contributed by atoms with Gasteiger partial charge in [-0.15, -0.1) is 6.42 Å². The van der Waals surface area contributed by atoms with Crippen LogP contribution in [0.4, 0.5) is 4.79 Å². The van der Waals surface area contributed by atoms with E-state index >= 15 is 0 Å². The molecule has 0 bridgehead atoms. The van der Waals surface area contributed by atoms with E-state index in [4.69, 9.17) is 11.2 Å². The second-order valence-electron chi connectivity index (χ2n) is 5.10. The second-order valence-corrected chi connectivity index (χ2v) is 6.10. The molecule has 3 rings (SSSR count). The average Bonchev–Trinajstić information content (AvgIpc) is 2.85. The molecule has 1 aliphatic heterocycles. The molecule has 1 aliphatic rings. The van der Waals surface area contributed by atoms with Crippen LogP contribution in [-0.4, -0.2) is 29.2 Å². The highest BCUT2D eigenvalue weighted by atomic mass is 32.2. The lowest BCUT2D eigenvalue weighted by atomic mass is 10.0. The van der Waals surface area contributed by atoms with Gasteiger partial charge in [-0.3, -0.25) is 14.5 Å². The third kappa shape index (κ3) is 2.89. The summed E-state index contributed by atoms with van der Waals surface area (Å²) >= 11 is 0.899. The van der Waals surface area contributed by atoms with Gasteiger partial charge in [-0.05, 0) is 41.6 Å². The van der Waals surface area contributed by atoms with Crippen LogP contribution in [0.2, 0.25) is 0 Å². The van der Waals surface area contributed by atoms with E-state index in [1.165, 1.54) is 0 Å². The lowest BCUT2D eigenvalue weighted by Crippen LogP contribution is -2.28. The molecule has 0 saturated carbocycles. The Labute approximate surface area is 144 Å². The lowest BCUT2D eigenvalue weighted by molar-refractivity contribution is -0.122. The fraction of sp³-hybridized carbons (Fsp3) is 0.158. The van der Waals surface area contributed by atoms with Crippen molar-refractivity contribution in [2.75, 3.05) is 13.2 Å². The number of fused-ring (bicyclic) bond motifs is 1. The predicted molar refractivity (Wildman–Crippen MR) is 96.6 cm³/mol. The number of hydrogen-bond donors (Lipinski definition) is 0. The van der Waals surface area contributed by atoms with Gasteiger partial charge in [-0.1, -0.05) is 36.3 Å². The fourth-order valence-electron chi connectivity index (χ4n) is 2.56. The quantitative estimate of drug-likeness (QED) is 0.627. The highest BCUT2D eigenvalue weighted by molar-refractivity contribution is 8.18. The summed E-state index contributed by atoms with van der Waals surface area (Å²) in [6.07, 6.45) is 6.94. The summed E-state index contributed by atoms with van der Waals surface area (Å²) < 4.78 is 5.70. The van der Waals surface area contributed by atoms with E-state index in [0.717, 1.165) is 33.0 Å². The Bertz CT molecular complexity index is 895. The molecule has 2 amide bonds. The number of benzene rings is 2. The van der Waals surface area contributed by atoms with Crippen LogP contribution in [0.1, 0.15) is 12.5 Å². The third-order valence-corrected chi connectivity index (χ3v) is 4.54. The maximum Gasteiger partial charge on any atom is 0.294 e. The normalized spacial score (nSPS) is 16.0. The molecule has 1 saturated heterocycles. The lowest BCUT2D eigenvalue weighted by Gasteiger charge is -2.11. The van der Waals surface area contributed by atoms with Crippen molar-refractivity contribution in [2.24, 2.45) is 0 Å². The van der Waals surface area contributed by atoms with Gasteiger partial charge in [0.05, 0.1) is 18.1 Å². The summed E-state index contributed by atoms with van der Waals surface area (Å²) in [6, 6.07) is 11.7. The van der Waals surface area contributed by atoms with Crippen molar-refractivity contribution in [3.8, 4) is 18.1 Å². The van der Waals surface area contributed by atoms with Crippen molar-refractivity contribution in [3.05, 3.63) is 46.9 Å². The van der Waals surface area contributed by atoms with Gasteiger partial charge >= 0.3 is 0 Å². The SMILES string of the molecule is C#CCN1C(=O)S/C(=C/c2c(OCC)ccc3ccccc23)C1=O. The predicted octanol–water partition coefficient (Wildman–Crippen LogP) is 3.91. The van der Waals surface area contributed by atoms with E-state index in [9.17, 15) is 9.59 Å². The van der Waals surface area contributed by atoms with Crippen LogP contribution >= 0.6 is 11.8 Å². The minimum Gasteiger partial charge on any atom is -0.493 e. The first-order valence-corrected chi connectivity index (χ1v) is 8.30. The van der Waals surface area contributed by atoms with Crippen molar-refractivity contribution in [1.82, 2.24) is 4.90 Å². The minimum absolute atomic E-state index is 0.0180. The van der Waals surface area contributed by atoms with Crippen molar-refractivity contribution in [2.45, 2.75) is 6.92 Å². The molecule has 1 heterocycles. The standard InChI is InChI=1S/C19H15NO3S/c1-3-11-20-18(21)17(24-19(20)22)12-15-14-8-6-5-7-13(14)9-10-16(15)23-4-2/h1,5-10,12H,4,11H2,2H3/b17-12+. The van der Waals surface area contributed by atoms with Crippen LogP contribution in [-0.2, 0) is 4.79 Å². The first-order chi connectivity index (χ1) is 11.7. The smallest absolute Gasteiger partial charge is 0.294 e. The molecular formula is C19H15NO3S. The van der Waals surface area contributed by atoms with Crippen LogP contribution in [0.15, 0.2) is 41.3 Å². The highest BCUT2D eigenvalue weighted by Crippen LogP contribution is 2.36. The van der Waals surface area contributed by atoms with E-state index in [1.807, 2.05) is 43.3 Å². The first kappa shape index (κ1) is 16.2. The van der Waals surface area contributed by atoms with Gasteiger partial charge < -0.3 is 4.74 Å². The molecule has 5 heteroatoms. The largest absolute Gasteiger partial charge is 0.493 e. The Morgan fingerprint density at radius 3 is 2.79 bits per heavy atom. The van der Waals surface area contributed by atoms with Crippen LogP contribution in [0.3, 0.4) is 0 Å². The number of rotatable bonds is 4. The summed E-state index contributed by atoms with van der Waals surface area (Å²) in [4.78, 5) is 25.8. The number of ether oxygens (including phenoxy) is 1.